The number of allylic oxidation sites excluding steroid dienone is 1. The van der Waals surface area contributed by atoms with E-state index in [1.165, 1.54) is 11.1 Å². The molecule has 1 aromatic heterocycles. The third-order valence-corrected chi connectivity index (χ3v) is 8.27. The number of nitrogens with one attached hydrogen (secondary N) is 2. The Hall–Kier alpha value is -4.11. The van der Waals surface area contributed by atoms with Gasteiger partial charge in [0.15, 0.2) is 11.6 Å². The van der Waals surface area contributed by atoms with E-state index in [-0.39, 0.29) is 67.1 Å². The van der Waals surface area contributed by atoms with E-state index >= 15 is 0 Å². The van der Waals surface area contributed by atoms with Crippen LogP contribution in [0, 0.1) is 0 Å². The lowest BCUT2D eigenvalue weighted by atomic mass is 9.79. The summed E-state index contributed by atoms with van der Waals surface area (Å²) in [6.45, 7) is 0.196. The fourth-order valence-electron chi connectivity index (χ4n) is 5.52. The summed E-state index contributed by atoms with van der Waals surface area (Å²) in [6, 6.07) is 12.5. The molecule has 2 fully saturated rings. The Morgan fingerprint density at radius 2 is 1.76 bits per heavy atom. The minimum absolute atomic E-state index is 0.123. The van der Waals surface area contributed by atoms with Crippen molar-refractivity contribution in [2.24, 2.45) is 0 Å². The molecule has 2 aromatic carbocycles. The first kappa shape index (κ1) is 23.3. The van der Waals surface area contributed by atoms with Crippen molar-refractivity contribution in [1.29, 1.82) is 0 Å². The van der Waals surface area contributed by atoms with Crippen molar-refractivity contribution in [2.75, 3.05) is 5.32 Å². The Balaban J connectivity index is 1.21. The Morgan fingerprint density at radius 1 is 0.973 bits per heavy atom. The van der Waals surface area contributed by atoms with Gasteiger partial charge in [-0.3, -0.25) is 29.3 Å². The number of piperidine rings is 1. The molecule has 186 valence electrons. The van der Waals surface area contributed by atoms with Crippen molar-refractivity contribution in [2.45, 2.75) is 44.2 Å². The maximum atomic E-state index is 13.0. The van der Waals surface area contributed by atoms with Crippen LogP contribution < -0.4 is 10.6 Å². The predicted octanol–water partition coefficient (Wildman–Crippen LogP) is 3.67. The van der Waals surface area contributed by atoms with Crippen LogP contribution in [0.5, 0.6) is 0 Å². The number of fused-ring (bicyclic) bond motifs is 2. The highest BCUT2D eigenvalue weighted by molar-refractivity contribution is 7.17. The van der Waals surface area contributed by atoms with Crippen LogP contribution in [0.2, 0.25) is 0 Å². The molecule has 2 N–H and O–H groups in total. The number of anilines is 1. The van der Waals surface area contributed by atoms with E-state index in [4.69, 9.17) is 0 Å². The van der Waals surface area contributed by atoms with Crippen molar-refractivity contribution < 1.29 is 24.0 Å². The topological polar surface area (TPSA) is 113 Å². The van der Waals surface area contributed by atoms with E-state index in [9.17, 15) is 24.0 Å². The van der Waals surface area contributed by atoms with Crippen LogP contribution in [0.4, 0.5) is 5.69 Å². The summed E-state index contributed by atoms with van der Waals surface area (Å²) >= 11 is 1.64. The highest BCUT2D eigenvalue weighted by Crippen LogP contribution is 2.37. The van der Waals surface area contributed by atoms with Gasteiger partial charge in [-0.1, -0.05) is 18.2 Å². The molecule has 0 radical (unpaired) electrons. The second-order valence-corrected chi connectivity index (χ2v) is 10.5. The zero-order chi connectivity index (χ0) is 25.7. The number of benzene rings is 2. The molecule has 1 unspecified atom stereocenters. The van der Waals surface area contributed by atoms with E-state index in [1.54, 1.807) is 29.5 Å². The van der Waals surface area contributed by atoms with E-state index in [2.05, 4.69) is 10.6 Å². The van der Waals surface area contributed by atoms with Gasteiger partial charge < -0.3 is 10.2 Å². The number of Topliss-reactive ketones (excluding diaryl/α,β-unsaturated/α-hetero) is 2. The molecule has 6 rings (SSSR count). The molecule has 3 heterocycles. The van der Waals surface area contributed by atoms with Crippen molar-refractivity contribution in [3.8, 4) is 0 Å². The molecule has 1 saturated heterocycles. The highest BCUT2D eigenvalue weighted by atomic mass is 32.1. The highest BCUT2D eigenvalue weighted by Gasteiger charge is 2.40. The van der Waals surface area contributed by atoms with Crippen LogP contribution in [-0.4, -0.2) is 40.2 Å². The van der Waals surface area contributed by atoms with Gasteiger partial charge in [-0.15, -0.1) is 11.3 Å². The summed E-state index contributed by atoms with van der Waals surface area (Å²) in [5, 5.41) is 8.49. The summed E-state index contributed by atoms with van der Waals surface area (Å²) in [5.74, 6) is -1.67. The van der Waals surface area contributed by atoms with Gasteiger partial charge in [0.2, 0.25) is 11.8 Å². The average molecular weight is 514 g/mol. The molecule has 1 aliphatic carbocycles. The molecule has 9 heteroatoms. The number of imide groups is 1. The summed E-state index contributed by atoms with van der Waals surface area (Å²) < 4.78 is 1.14. The lowest BCUT2D eigenvalue weighted by Gasteiger charge is -2.29. The molecule has 1 atom stereocenters. The number of hydrogen-bond donors (Lipinski definition) is 2. The summed E-state index contributed by atoms with van der Waals surface area (Å²) in [7, 11) is 0. The smallest absolute Gasteiger partial charge is 0.255 e. The van der Waals surface area contributed by atoms with Gasteiger partial charge in [-0.2, -0.15) is 0 Å². The van der Waals surface area contributed by atoms with Crippen molar-refractivity contribution in [3.63, 3.8) is 0 Å². The fraction of sp³-hybridized carbons (Fsp3) is 0.250. The zero-order valence-electron chi connectivity index (χ0n) is 19.8. The van der Waals surface area contributed by atoms with E-state index in [0.717, 1.165) is 15.6 Å². The normalized spacial score (nSPS) is 21.9. The minimum atomic E-state index is -0.713. The molecule has 3 aliphatic rings. The molecule has 3 amide bonds. The first-order valence-corrected chi connectivity index (χ1v) is 13.0. The number of thiophene rings is 1. The molecule has 8 nitrogen and oxygen atoms in total. The van der Waals surface area contributed by atoms with Crippen LogP contribution >= 0.6 is 11.3 Å². The average Bonchev–Trinajstić information content (AvgIpc) is 3.48. The molecule has 2 aliphatic heterocycles. The first-order chi connectivity index (χ1) is 17.9. The van der Waals surface area contributed by atoms with Crippen LogP contribution in [0.25, 0.3) is 10.1 Å². The Morgan fingerprint density at radius 3 is 2.54 bits per heavy atom. The SMILES string of the molecule is O=C1CCC(N2Cc3c(NC=C4C(=O)CC(c5cccc6sccc56)CC4=O)cccc3C2=O)C(=O)N1. The molecule has 0 spiro atoms. The maximum absolute atomic E-state index is 13.0. The third kappa shape index (κ3) is 4.05. The number of ketones is 2. The van der Waals surface area contributed by atoms with E-state index in [1.807, 2.05) is 29.6 Å². The number of nitrogens with zero attached hydrogens (tertiary/aromatic N) is 1. The Bertz CT molecular complexity index is 1520. The standard InChI is InChI=1S/C28H23N3O5S/c32-23-11-15(16-3-2-6-25-17(16)9-10-37-25)12-24(33)19(23)13-29-21-5-1-4-18-20(21)14-31(28(18)36)22-7-8-26(34)30-27(22)35/h1-6,9-10,13,15,22,29H,7-8,11-12,14H2,(H,30,34,35). The van der Waals surface area contributed by atoms with Gasteiger partial charge >= 0.3 is 0 Å². The molecule has 1 saturated carbocycles. The van der Waals surface area contributed by atoms with Crippen molar-refractivity contribution in [1.82, 2.24) is 10.2 Å². The van der Waals surface area contributed by atoms with Crippen LogP contribution in [0.15, 0.2) is 59.6 Å². The Labute approximate surface area is 216 Å². The van der Waals surface area contributed by atoms with Gasteiger partial charge in [0.25, 0.3) is 5.91 Å². The van der Waals surface area contributed by atoms with Crippen molar-refractivity contribution in [3.05, 3.63) is 76.3 Å². The number of rotatable bonds is 4. The number of carbonyl (C=O) groups is 5. The van der Waals surface area contributed by atoms with Crippen LogP contribution in [0.3, 0.4) is 0 Å². The van der Waals surface area contributed by atoms with Gasteiger partial charge in [-0.05, 0) is 52.9 Å². The fourth-order valence-corrected chi connectivity index (χ4v) is 6.34. The maximum Gasteiger partial charge on any atom is 0.255 e. The summed E-state index contributed by atoms with van der Waals surface area (Å²) in [6.07, 6.45) is 2.41. The zero-order valence-corrected chi connectivity index (χ0v) is 20.6. The number of hydrogen-bond acceptors (Lipinski definition) is 7. The van der Waals surface area contributed by atoms with E-state index < -0.39 is 11.9 Å². The number of amides is 3. The molecule has 37 heavy (non-hydrogen) atoms. The molecule has 3 aromatic rings. The lowest BCUT2D eigenvalue weighted by molar-refractivity contribution is -0.137. The number of carbonyl (C=O) groups excluding carboxylic acids is 5. The summed E-state index contributed by atoms with van der Waals surface area (Å²) in [4.78, 5) is 64.4. The van der Waals surface area contributed by atoms with Crippen molar-refractivity contribution >= 4 is 56.4 Å². The molecular formula is C28H23N3O5S. The van der Waals surface area contributed by atoms with Gasteiger partial charge in [0, 0.05) is 53.5 Å². The quantitative estimate of drug-likeness (QED) is 0.313. The largest absolute Gasteiger partial charge is 0.361 e. The lowest BCUT2D eigenvalue weighted by Crippen LogP contribution is -2.52. The third-order valence-electron chi connectivity index (χ3n) is 7.39. The molecule has 0 bridgehead atoms. The van der Waals surface area contributed by atoms with Gasteiger partial charge in [0.05, 0.1) is 5.57 Å². The van der Waals surface area contributed by atoms with Crippen LogP contribution in [-0.2, 0) is 25.7 Å². The minimum Gasteiger partial charge on any atom is -0.361 e. The predicted molar refractivity (Wildman–Crippen MR) is 138 cm³/mol. The molecular weight excluding hydrogens is 490 g/mol. The van der Waals surface area contributed by atoms with E-state index in [0.29, 0.717) is 16.8 Å². The van der Waals surface area contributed by atoms with Crippen LogP contribution in [0.1, 0.15) is 53.1 Å². The van der Waals surface area contributed by atoms with Gasteiger partial charge in [-0.25, -0.2) is 0 Å². The summed E-state index contributed by atoms with van der Waals surface area (Å²) in [5.41, 5.74) is 2.89. The van der Waals surface area contributed by atoms with Gasteiger partial charge in [0.1, 0.15) is 6.04 Å². The second kappa shape index (κ2) is 9.08. The first-order valence-electron chi connectivity index (χ1n) is 12.2. The second-order valence-electron chi connectivity index (χ2n) is 9.57. The Kier molecular flexibility index (Phi) is 5.72. The monoisotopic (exact) mass is 513 g/mol.